The number of hydrogen-bond donors (Lipinski definition) is 2. The van der Waals surface area contributed by atoms with Gasteiger partial charge in [-0.3, -0.25) is 0 Å². The minimum absolute atomic E-state index is 0.125. The van der Waals surface area contributed by atoms with Crippen molar-refractivity contribution in [2.24, 2.45) is 0 Å². The molecule has 2 N–H and O–H groups in total. The summed E-state index contributed by atoms with van der Waals surface area (Å²) >= 11 is 3.12. The van der Waals surface area contributed by atoms with Gasteiger partial charge in [0.15, 0.2) is 11.5 Å². The van der Waals surface area contributed by atoms with E-state index >= 15 is 0 Å². The first-order chi connectivity index (χ1) is 9.77. The molecule has 0 saturated heterocycles. The molecule has 0 aliphatic heterocycles. The van der Waals surface area contributed by atoms with Crippen molar-refractivity contribution < 1.29 is 23.1 Å². The monoisotopic (exact) mass is 361 g/mol. The number of carboxylic acid groups (broad SMARTS) is 1. The number of hydrogen-bond acceptors (Lipinski definition) is 4. The summed E-state index contributed by atoms with van der Waals surface area (Å²) in [6, 6.07) is 5.61. The summed E-state index contributed by atoms with van der Waals surface area (Å²) in [6.45, 7) is 0. The van der Waals surface area contributed by atoms with Crippen LogP contribution in [0.1, 0.15) is 16.1 Å². The van der Waals surface area contributed by atoms with E-state index in [-0.39, 0.29) is 17.2 Å². The fourth-order valence-electron chi connectivity index (χ4n) is 1.45. The van der Waals surface area contributed by atoms with Crippen LogP contribution < -0.4 is 5.32 Å². The van der Waals surface area contributed by atoms with E-state index in [4.69, 9.17) is 5.11 Å². The Hall–Kier alpha value is -2.16. The molecule has 110 valence electrons. The van der Waals surface area contributed by atoms with Crippen molar-refractivity contribution in [1.29, 1.82) is 0 Å². The Labute approximate surface area is 124 Å². The van der Waals surface area contributed by atoms with Crippen molar-refractivity contribution in [3.05, 3.63) is 46.1 Å². The Morgan fingerprint density at radius 1 is 1.19 bits per heavy atom. The number of aromatic nitrogens is 2. The molecule has 0 aliphatic rings. The van der Waals surface area contributed by atoms with Crippen molar-refractivity contribution >= 4 is 33.4 Å². The summed E-state index contributed by atoms with van der Waals surface area (Å²) in [7, 11) is 0. The van der Waals surface area contributed by atoms with Gasteiger partial charge in [0.25, 0.3) is 0 Å². The third-order valence-corrected chi connectivity index (χ3v) is 3.13. The number of carbonyl (C=O) groups is 1. The second kappa shape index (κ2) is 5.68. The molecule has 1 heterocycles. The van der Waals surface area contributed by atoms with Crippen LogP contribution in [0.5, 0.6) is 0 Å². The average Bonchev–Trinajstić information content (AvgIpc) is 2.40. The van der Waals surface area contributed by atoms with Gasteiger partial charge < -0.3 is 10.4 Å². The maximum absolute atomic E-state index is 12.6. The summed E-state index contributed by atoms with van der Waals surface area (Å²) in [5, 5.41) is 18.3. The standard InChI is InChI=1S/C12H7BrF3N3O2/c13-7-2-1-6(12(14,15)16)5-9(7)17-10-4-3-8(11(20)21)18-19-10/h1-5H,(H,17,19)(H,20,21). The zero-order valence-electron chi connectivity index (χ0n) is 10.1. The van der Waals surface area contributed by atoms with Gasteiger partial charge >= 0.3 is 12.1 Å². The van der Waals surface area contributed by atoms with Crippen molar-refractivity contribution in [3.8, 4) is 0 Å². The van der Waals surface area contributed by atoms with Gasteiger partial charge in [-0.1, -0.05) is 0 Å². The van der Waals surface area contributed by atoms with E-state index in [9.17, 15) is 18.0 Å². The minimum atomic E-state index is -4.46. The lowest BCUT2D eigenvalue weighted by Crippen LogP contribution is -2.07. The lowest BCUT2D eigenvalue weighted by molar-refractivity contribution is -0.137. The van der Waals surface area contributed by atoms with E-state index < -0.39 is 17.7 Å². The summed E-state index contributed by atoms with van der Waals surface area (Å²) in [5.41, 5.74) is -0.936. The molecular weight excluding hydrogens is 355 g/mol. The van der Waals surface area contributed by atoms with Crippen LogP contribution in [0.4, 0.5) is 24.7 Å². The lowest BCUT2D eigenvalue weighted by atomic mass is 10.2. The van der Waals surface area contributed by atoms with Crippen molar-refractivity contribution in [2.75, 3.05) is 5.32 Å². The first-order valence-electron chi connectivity index (χ1n) is 5.48. The van der Waals surface area contributed by atoms with Gasteiger partial charge in [0.1, 0.15) is 0 Å². The van der Waals surface area contributed by atoms with Crippen LogP contribution >= 0.6 is 15.9 Å². The summed E-state index contributed by atoms with van der Waals surface area (Å²) < 4.78 is 38.3. The highest BCUT2D eigenvalue weighted by Crippen LogP contribution is 2.34. The van der Waals surface area contributed by atoms with Gasteiger partial charge in [0.2, 0.25) is 0 Å². The molecule has 0 aliphatic carbocycles. The molecule has 0 saturated carbocycles. The van der Waals surface area contributed by atoms with Crippen LogP contribution in [0.2, 0.25) is 0 Å². The molecule has 21 heavy (non-hydrogen) atoms. The smallest absolute Gasteiger partial charge is 0.416 e. The normalized spacial score (nSPS) is 11.2. The van der Waals surface area contributed by atoms with Gasteiger partial charge in [0.05, 0.1) is 11.3 Å². The number of nitrogens with one attached hydrogen (secondary N) is 1. The molecule has 9 heteroatoms. The van der Waals surface area contributed by atoms with Crippen LogP contribution in [0.15, 0.2) is 34.8 Å². The summed E-state index contributed by atoms with van der Waals surface area (Å²) in [5.74, 6) is -1.12. The molecular formula is C12H7BrF3N3O2. The highest BCUT2D eigenvalue weighted by atomic mass is 79.9. The molecule has 0 amide bonds. The van der Waals surface area contributed by atoms with Crippen molar-refractivity contribution in [1.82, 2.24) is 10.2 Å². The summed E-state index contributed by atoms with van der Waals surface area (Å²) in [4.78, 5) is 10.6. The van der Waals surface area contributed by atoms with E-state index in [1.807, 2.05) is 0 Å². The molecule has 1 aromatic carbocycles. The molecule has 0 fully saturated rings. The molecule has 1 aromatic heterocycles. The Morgan fingerprint density at radius 2 is 1.90 bits per heavy atom. The van der Waals surface area contributed by atoms with Gasteiger partial charge in [-0.25, -0.2) is 4.79 Å². The van der Waals surface area contributed by atoms with Crippen LogP contribution in [0.25, 0.3) is 0 Å². The van der Waals surface area contributed by atoms with Gasteiger partial charge in [-0.2, -0.15) is 13.2 Å². The second-order valence-electron chi connectivity index (χ2n) is 3.93. The number of carboxylic acids is 1. The van der Waals surface area contributed by atoms with Crippen LogP contribution in [-0.4, -0.2) is 21.3 Å². The minimum Gasteiger partial charge on any atom is -0.476 e. The Balaban J connectivity index is 2.28. The van der Waals surface area contributed by atoms with E-state index in [1.165, 1.54) is 18.2 Å². The average molecular weight is 362 g/mol. The van der Waals surface area contributed by atoms with E-state index in [2.05, 4.69) is 31.4 Å². The predicted molar refractivity (Wildman–Crippen MR) is 71.4 cm³/mol. The summed E-state index contributed by atoms with van der Waals surface area (Å²) in [6.07, 6.45) is -4.46. The van der Waals surface area contributed by atoms with E-state index in [1.54, 1.807) is 0 Å². The lowest BCUT2D eigenvalue weighted by Gasteiger charge is -2.11. The Kier molecular flexibility index (Phi) is 4.12. The molecule has 0 radical (unpaired) electrons. The SMILES string of the molecule is O=C(O)c1ccc(Nc2cc(C(F)(F)F)ccc2Br)nn1. The van der Waals surface area contributed by atoms with Crippen LogP contribution in [-0.2, 0) is 6.18 Å². The predicted octanol–water partition coefficient (Wildman–Crippen LogP) is 3.70. The molecule has 0 bridgehead atoms. The van der Waals surface area contributed by atoms with Crippen LogP contribution in [0.3, 0.4) is 0 Å². The van der Waals surface area contributed by atoms with Gasteiger partial charge in [-0.15, -0.1) is 10.2 Å². The Bertz CT molecular complexity index is 674. The fourth-order valence-corrected chi connectivity index (χ4v) is 1.79. The molecule has 0 unspecified atom stereocenters. The number of benzene rings is 1. The number of nitrogens with zero attached hydrogens (tertiary/aromatic N) is 2. The zero-order chi connectivity index (χ0) is 15.6. The zero-order valence-corrected chi connectivity index (χ0v) is 11.7. The van der Waals surface area contributed by atoms with Gasteiger partial charge in [-0.05, 0) is 46.3 Å². The highest BCUT2D eigenvalue weighted by molar-refractivity contribution is 9.10. The maximum atomic E-state index is 12.6. The van der Waals surface area contributed by atoms with E-state index in [0.717, 1.165) is 12.1 Å². The second-order valence-corrected chi connectivity index (χ2v) is 4.78. The molecule has 2 aromatic rings. The largest absolute Gasteiger partial charge is 0.476 e. The van der Waals surface area contributed by atoms with E-state index in [0.29, 0.717) is 4.47 Å². The number of anilines is 2. The topological polar surface area (TPSA) is 75.1 Å². The number of aromatic carboxylic acids is 1. The first-order valence-corrected chi connectivity index (χ1v) is 6.27. The third kappa shape index (κ3) is 3.69. The molecule has 5 nitrogen and oxygen atoms in total. The fraction of sp³-hybridized carbons (Fsp3) is 0.0833. The van der Waals surface area contributed by atoms with Crippen molar-refractivity contribution in [3.63, 3.8) is 0 Å². The number of alkyl halides is 3. The highest BCUT2D eigenvalue weighted by Gasteiger charge is 2.30. The molecule has 0 atom stereocenters. The van der Waals surface area contributed by atoms with Crippen LogP contribution in [0, 0.1) is 0 Å². The third-order valence-electron chi connectivity index (χ3n) is 2.44. The first kappa shape index (κ1) is 15.2. The maximum Gasteiger partial charge on any atom is 0.416 e. The van der Waals surface area contributed by atoms with Crippen molar-refractivity contribution in [2.45, 2.75) is 6.18 Å². The quantitative estimate of drug-likeness (QED) is 0.871. The Morgan fingerprint density at radius 3 is 2.43 bits per heavy atom. The molecule has 2 rings (SSSR count). The number of rotatable bonds is 3. The number of halogens is 4. The van der Waals surface area contributed by atoms with Gasteiger partial charge in [0, 0.05) is 4.47 Å². The molecule has 0 spiro atoms.